The summed E-state index contributed by atoms with van der Waals surface area (Å²) in [6, 6.07) is 3.62. The summed E-state index contributed by atoms with van der Waals surface area (Å²) >= 11 is 0. The van der Waals surface area contributed by atoms with Crippen molar-refractivity contribution in [1.82, 2.24) is 19.3 Å². The number of rotatable bonds is 4. The number of aromatic nitrogens is 3. The molecule has 1 fully saturated rings. The van der Waals surface area contributed by atoms with Crippen LogP contribution in [0.2, 0.25) is 0 Å². The van der Waals surface area contributed by atoms with Gasteiger partial charge in [0.2, 0.25) is 0 Å². The van der Waals surface area contributed by atoms with E-state index in [0.717, 1.165) is 18.4 Å². The fourth-order valence-electron chi connectivity index (χ4n) is 2.71. The first kappa shape index (κ1) is 14.2. The van der Waals surface area contributed by atoms with Crippen molar-refractivity contribution in [1.29, 1.82) is 0 Å². The molecule has 1 saturated heterocycles. The summed E-state index contributed by atoms with van der Waals surface area (Å²) in [6.07, 6.45) is 7.20. The van der Waals surface area contributed by atoms with Gasteiger partial charge in [0.25, 0.3) is 10.0 Å². The highest BCUT2D eigenvalue weighted by molar-refractivity contribution is 7.89. The standard InChI is InChI=1S/C14H18N4O2S/c1-2-13-16-10-14(17-13)21(19,20)18-8-4-6-12(18)11-5-3-7-15-9-11/h3,5,7,9-10,12H,2,4,6,8H2,1H3,(H,16,17). The van der Waals surface area contributed by atoms with E-state index in [1.165, 1.54) is 6.20 Å². The van der Waals surface area contributed by atoms with Crippen LogP contribution in [0.15, 0.2) is 35.7 Å². The van der Waals surface area contributed by atoms with Crippen LogP contribution in [-0.2, 0) is 16.4 Å². The number of pyridine rings is 1. The minimum absolute atomic E-state index is 0.142. The molecule has 3 heterocycles. The van der Waals surface area contributed by atoms with E-state index in [9.17, 15) is 8.42 Å². The molecule has 0 aliphatic carbocycles. The van der Waals surface area contributed by atoms with E-state index in [1.807, 2.05) is 19.1 Å². The molecule has 2 aromatic heterocycles. The van der Waals surface area contributed by atoms with Crippen molar-refractivity contribution in [3.05, 3.63) is 42.1 Å². The van der Waals surface area contributed by atoms with Crippen molar-refractivity contribution in [3.8, 4) is 0 Å². The summed E-state index contributed by atoms with van der Waals surface area (Å²) < 4.78 is 27.1. The van der Waals surface area contributed by atoms with Gasteiger partial charge in [-0.15, -0.1) is 0 Å². The van der Waals surface area contributed by atoms with Gasteiger partial charge in [0.05, 0.1) is 12.2 Å². The molecule has 3 rings (SSSR count). The molecule has 1 aliphatic heterocycles. The number of hydrogen-bond donors (Lipinski definition) is 1. The van der Waals surface area contributed by atoms with Crippen molar-refractivity contribution < 1.29 is 8.42 Å². The molecule has 6 nitrogen and oxygen atoms in total. The van der Waals surface area contributed by atoms with Crippen LogP contribution >= 0.6 is 0 Å². The third-order valence-electron chi connectivity index (χ3n) is 3.80. The Labute approximate surface area is 124 Å². The molecule has 1 unspecified atom stereocenters. The van der Waals surface area contributed by atoms with Crippen molar-refractivity contribution >= 4 is 10.0 Å². The number of nitrogens with one attached hydrogen (secondary N) is 1. The zero-order valence-corrected chi connectivity index (χ0v) is 12.7. The molecule has 1 atom stereocenters. The lowest BCUT2D eigenvalue weighted by Crippen LogP contribution is -2.31. The van der Waals surface area contributed by atoms with Gasteiger partial charge in [0, 0.05) is 25.4 Å². The van der Waals surface area contributed by atoms with E-state index in [2.05, 4.69) is 15.0 Å². The minimum atomic E-state index is -3.54. The second kappa shape index (κ2) is 5.57. The predicted octanol–water partition coefficient (Wildman–Crippen LogP) is 1.89. The van der Waals surface area contributed by atoms with Crippen LogP contribution in [0, 0.1) is 0 Å². The summed E-state index contributed by atoms with van der Waals surface area (Å²) in [5, 5.41) is 0.176. The molecule has 0 radical (unpaired) electrons. The summed E-state index contributed by atoms with van der Waals surface area (Å²) in [5.74, 6) is 0.686. The average Bonchev–Trinajstić information content (AvgIpc) is 3.17. The van der Waals surface area contributed by atoms with Gasteiger partial charge < -0.3 is 4.98 Å². The molecule has 1 N–H and O–H groups in total. The molecule has 0 aromatic carbocycles. The number of hydrogen-bond acceptors (Lipinski definition) is 4. The van der Waals surface area contributed by atoms with Crippen LogP contribution in [0.5, 0.6) is 0 Å². The Morgan fingerprint density at radius 3 is 2.95 bits per heavy atom. The first-order chi connectivity index (χ1) is 10.1. The zero-order chi connectivity index (χ0) is 14.9. The Balaban J connectivity index is 1.94. The molecule has 0 bridgehead atoms. The maximum atomic E-state index is 12.8. The average molecular weight is 306 g/mol. The molecule has 21 heavy (non-hydrogen) atoms. The topological polar surface area (TPSA) is 79.0 Å². The predicted molar refractivity (Wildman–Crippen MR) is 78.1 cm³/mol. The van der Waals surface area contributed by atoms with Gasteiger partial charge in [0.1, 0.15) is 5.82 Å². The second-order valence-electron chi connectivity index (χ2n) is 5.11. The SMILES string of the molecule is CCc1ncc(S(=O)(=O)N2CCCC2c2cccnc2)[nH]1. The number of H-pyrrole nitrogens is 1. The third-order valence-corrected chi connectivity index (χ3v) is 5.62. The van der Waals surface area contributed by atoms with Crippen molar-refractivity contribution in [3.63, 3.8) is 0 Å². The number of sulfonamides is 1. The summed E-state index contributed by atoms with van der Waals surface area (Å²) in [6.45, 7) is 2.46. The largest absolute Gasteiger partial charge is 0.332 e. The lowest BCUT2D eigenvalue weighted by molar-refractivity contribution is 0.394. The third kappa shape index (κ3) is 2.58. The quantitative estimate of drug-likeness (QED) is 0.935. The molecule has 112 valence electrons. The summed E-state index contributed by atoms with van der Waals surface area (Å²) in [5.41, 5.74) is 0.939. The highest BCUT2D eigenvalue weighted by atomic mass is 32.2. The first-order valence-electron chi connectivity index (χ1n) is 7.08. The summed E-state index contributed by atoms with van der Waals surface area (Å²) in [7, 11) is -3.54. The number of aryl methyl sites for hydroxylation is 1. The molecule has 1 aliphatic rings. The molecule has 0 saturated carbocycles. The molecular weight excluding hydrogens is 288 g/mol. The Morgan fingerprint density at radius 2 is 2.29 bits per heavy atom. The van der Waals surface area contributed by atoms with Gasteiger partial charge >= 0.3 is 0 Å². The molecule has 7 heteroatoms. The smallest absolute Gasteiger partial charge is 0.260 e. The monoisotopic (exact) mass is 306 g/mol. The van der Waals surface area contributed by atoms with E-state index < -0.39 is 10.0 Å². The molecule has 0 amide bonds. The number of nitrogens with zero attached hydrogens (tertiary/aromatic N) is 3. The van der Waals surface area contributed by atoms with Crippen LogP contribution < -0.4 is 0 Å². The minimum Gasteiger partial charge on any atom is -0.332 e. The second-order valence-corrected chi connectivity index (χ2v) is 6.97. The van der Waals surface area contributed by atoms with E-state index in [4.69, 9.17) is 0 Å². The fraction of sp³-hybridized carbons (Fsp3) is 0.429. The van der Waals surface area contributed by atoms with E-state index in [1.54, 1.807) is 16.7 Å². The van der Waals surface area contributed by atoms with Gasteiger partial charge in [-0.25, -0.2) is 13.4 Å². The first-order valence-corrected chi connectivity index (χ1v) is 8.52. The van der Waals surface area contributed by atoms with Crippen molar-refractivity contribution in [2.24, 2.45) is 0 Å². The van der Waals surface area contributed by atoms with Gasteiger partial charge in [0.15, 0.2) is 5.03 Å². The fourth-order valence-corrected chi connectivity index (χ4v) is 4.33. The van der Waals surface area contributed by atoms with Gasteiger partial charge in [-0.05, 0) is 24.5 Å². The normalized spacial score (nSPS) is 20.0. The maximum Gasteiger partial charge on any atom is 0.260 e. The van der Waals surface area contributed by atoms with Crippen LogP contribution in [0.1, 0.15) is 37.2 Å². The lowest BCUT2D eigenvalue weighted by Gasteiger charge is -2.23. The van der Waals surface area contributed by atoms with E-state index in [0.29, 0.717) is 18.8 Å². The summed E-state index contributed by atoms with van der Waals surface area (Å²) in [4.78, 5) is 11.1. The number of aromatic amines is 1. The zero-order valence-electron chi connectivity index (χ0n) is 11.9. The molecule has 2 aromatic rings. The number of imidazole rings is 1. The van der Waals surface area contributed by atoms with Crippen molar-refractivity contribution in [2.45, 2.75) is 37.3 Å². The van der Waals surface area contributed by atoms with Gasteiger partial charge in [-0.1, -0.05) is 13.0 Å². The van der Waals surface area contributed by atoms with Crippen LogP contribution in [0.3, 0.4) is 0 Å². The van der Waals surface area contributed by atoms with Crippen LogP contribution in [-0.4, -0.2) is 34.2 Å². The van der Waals surface area contributed by atoms with E-state index in [-0.39, 0.29) is 11.1 Å². The Hall–Kier alpha value is -1.73. The Morgan fingerprint density at radius 1 is 1.43 bits per heavy atom. The van der Waals surface area contributed by atoms with Gasteiger partial charge in [-0.3, -0.25) is 4.98 Å². The van der Waals surface area contributed by atoms with Crippen molar-refractivity contribution in [2.75, 3.05) is 6.54 Å². The highest BCUT2D eigenvalue weighted by Crippen LogP contribution is 2.35. The highest BCUT2D eigenvalue weighted by Gasteiger charge is 2.37. The van der Waals surface area contributed by atoms with Gasteiger partial charge in [-0.2, -0.15) is 4.31 Å². The molecule has 0 spiro atoms. The Kier molecular flexibility index (Phi) is 3.77. The van der Waals surface area contributed by atoms with E-state index >= 15 is 0 Å². The lowest BCUT2D eigenvalue weighted by atomic mass is 10.1. The molecular formula is C14H18N4O2S. The Bertz CT molecular complexity index is 712. The van der Waals surface area contributed by atoms with Crippen LogP contribution in [0.25, 0.3) is 0 Å². The van der Waals surface area contributed by atoms with Crippen LogP contribution in [0.4, 0.5) is 0 Å². The maximum absolute atomic E-state index is 12.8.